The number of ether oxygens (including phenoxy) is 2. The van der Waals surface area contributed by atoms with Crippen molar-refractivity contribution in [3.8, 4) is 11.5 Å². The van der Waals surface area contributed by atoms with Crippen molar-refractivity contribution in [3.05, 3.63) is 64.7 Å². The zero-order valence-corrected chi connectivity index (χ0v) is 30.5. The standard InChI is InChI=1S/C37H56N2O3S.BrH/c1-6-7-8-9-10-11-12-13-14-15-16-17-24-41-35-23-22-33(25-34(35)37(3,4)5)42-28-36(40)38-32-20-18-31(19-21-32)27-39-26-30(2)43-29-39;/h18-23,25-26H,6-17,24,27-29H2,1-5H3,(H,38,40);1H. The number of carbonyl (C=O) groups excluding carboxylic acids is 1. The van der Waals surface area contributed by atoms with Crippen LogP contribution in [0.5, 0.6) is 11.5 Å². The molecule has 7 heteroatoms. The number of benzene rings is 2. The summed E-state index contributed by atoms with van der Waals surface area (Å²) in [5.74, 6) is 2.41. The fraction of sp³-hybridized carbons (Fsp3) is 0.595. The van der Waals surface area contributed by atoms with Crippen LogP contribution in [0.1, 0.15) is 123 Å². The van der Waals surface area contributed by atoms with Gasteiger partial charge in [-0.25, -0.2) is 0 Å². The lowest BCUT2D eigenvalue weighted by atomic mass is 9.86. The fourth-order valence-corrected chi connectivity index (χ4v) is 6.08. The Morgan fingerprint density at radius 1 is 0.864 bits per heavy atom. The molecule has 1 N–H and O–H groups in total. The normalized spacial score (nSPS) is 12.9. The summed E-state index contributed by atoms with van der Waals surface area (Å²) in [6.45, 7) is 12.5. The molecule has 44 heavy (non-hydrogen) atoms. The predicted molar refractivity (Wildman–Crippen MR) is 194 cm³/mol. The second-order valence-electron chi connectivity index (χ2n) is 12.9. The van der Waals surface area contributed by atoms with Gasteiger partial charge < -0.3 is 19.7 Å². The first-order valence-corrected chi connectivity index (χ1v) is 17.6. The Bertz CT molecular complexity index is 1130. The van der Waals surface area contributed by atoms with Gasteiger partial charge in [-0.05, 0) is 59.6 Å². The summed E-state index contributed by atoms with van der Waals surface area (Å²) >= 11 is 1.86. The lowest BCUT2D eigenvalue weighted by molar-refractivity contribution is -0.118. The summed E-state index contributed by atoms with van der Waals surface area (Å²) in [5, 5.41) is 2.95. The summed E-state index contributed by atoms with van der Waals surface area (Å²) < 4.78 is 12.1. The first-order valence-electron chi connectivity index (χ1n) is 16.6. The van der Waals surface area contributed by atoms with Gasteiger partial charge in [0.25, 0.3) is 5.91 Å². The average Bonchev–Trinajstić information content (AvgIpc) is 3.39. The molecule has 0 aromatic heterocycles. The van der Waals surface area contributed by atoms with Crippen molar-refractivity contribution in [2.45, 2.75) is 124 Å². The zero-order chi connectivity index (χ0) is 30.9. The number of amides is 1. The van der Waals surface area contributed by atoms with Crippen LogP contribution < -0.4 is 14.8 Å². The Hall–Kier alpha value is -2.12. The number of thioether (sulfide) groups is 1. The molecule has 1 heterocycles. The molecule has 0 fully saturated rings. The van der Waals surface area contributed by atoms with Gasteiger partial charge in [0.1, 0.15) is 11.5 Å². The third-order valence-electron chi connectivity index (χ3n) is 7.83. The molecule has 1 aliphatic heterocycles. The molecular weight excluding hydrogens is 632 g/mol. The first-order chi connectivity index (χ1) is 20.7. The van der Waals surface area contributed by atoms with E-state index in [4.69, 9.17) is 9.47 Å². The molecule has 2 aromatic carbocycles. The van der Waals surface area contributed by atoms with Gasteiger partial charge in [-0.3, -0.25) is 4.79 Å². The molecular formula is C37H57BrN2O3S. The smallest absolute Gasteiger partial charge is 0.262 e. The summed E-state index contributed by atoms with van der Waals surface area (Å²) in [6, 6.07) is 13.9. The number of carbonyl (C=O) groups is 1. The Morgan fingerprint density at radius 3 is 2.05 bits per heavy atom. The molecule has 0 saturated heterocycles. The number of nitrogens with one attached hydrogen (secondary N) is 1. The maximum Gasteiger partial charge on any atom is 0.262 e. The number of halogens is 1. The number of anilines is 1. The van der Waals surface area contributed by atoms with E-state index < -0.39 is 0 Å². The van der Waals surface area contributed by atoms with Crippen molar-refractivity contribution in [2.75, 3.05) is 24.4 Å². The Kier molecular flexibility index (Phi) is 18.0. The van der Waals surface area contributed by atoms with E-state index in [1.807, 2.05) is 42.1 Å². The molecule has 0 bridgehead atoms. The number of nitrogens with zero attached hydrogens (tertiary/aromatic N) is 1. The third kappa shape index (κ3) is 14.8. The topological polar surface area (TPSA) is 50.8 Å². The maximum absolute atomic E-state index is 12.6. The van der Waals surface area contributed by atoms with Gasteiger partial charge in [0.15, 0.2) is 6.61 Å². The molecule has 1 aliphatic rings. The van der Waals surface area contributed by atoms with Gasteiger partial charge in [0.2, 0.25) is 0 Å². The van der Waals surface area contributed by atoms with E-state index in [0.717, 1.165) is 42.4 Å². The number of allylic oxidation sites excluding steroid dienone is 1. The number of rotatable bonds is 20. The lowest BCUT2D eigenvalue weighted by Crippen LogP contribution is -2.20. The van der Waals surface area contributed by atoms with E-state index in [1.54, 1.807) is 0 Å². The van der Waals surface area contributed by atoms with Gasteiger partial charge in [0.05, 0.1) is 12.5 Å². The van der Waals surface area contributed by atoms with E-state index in [9.17, 15) is 4.79 Å². The maximum atomic E-state index is 12.6. The summed E-state index contributed by atoms with van der Waals surface area (Å²) in [4.78, 5) is 16.2. The van der Waals surface area contributed by atoms with Crippen molar-refractivity contribution >= 4 is 40.3 Å². The van der Waals surface area contributed by atoms with Crippen LogP contribution in [0, 0.1) is 0 Å². The quantitative estimate of drug-likeness (QED) is 0.140. The molecule has 2 aromatic rings. The highest BCUT2D eigenvalue weighted by Crippen LogP contribution is 2.34. The number of hydrogen-bond acceptors (Lipinski definition) is 5. The van der Waals surface area contributed by atoms with E-state index in [2.05, 4.69) is 63.2 Å². The van der Waals surface area contributed by atoms with E-state index in [-0.39, 0.29) is 34.9 Å². The van der Waals surface area contributed by atoms with E-state index >= 15 is 0 Å². The molecule has 1 amide bonds. The molecule has 0 saturated carbocycles. The Balaban J connectivity index is 0.00000675. The van der Waals surface area contributed by atoms with Gasteiger partial charge in [-0.15, -0.1) is 28.7 Å². The van der Waals surface area contributed by atoms with Crippen LogP contribution in [0.15, 0.2) is 53.6 Å². The highest BCUT2D eigenvalue weighted by atomic mass is 79.9. The van der Waals surface area contributed by atoms with Crippen molar-refractivity contribution in [3.63, 3.8) is 0 Å². The minimum Gasteiger partial charge on any atom is -0.493 e. The van der Waals surface area contributed by atoms with E-state index in [0.29, 0.717) is 5.75 Å². The summed E-state index contributed by atoms with van der Waals surface area (Å²) in [7, 11) is 0. The largest absolute Gasteiger partial charge is 0.493 e. The van der Waals surface area contributed by atoms with Gasteiger partial charge in [-0.1, -0.05) is 110 Å². The predicted octanol–water partition coefficient (Wildman–Crippen LogP) is 11.0. The van der Waals surface area contributed by atoms with Gasteiger partial charge in [0, 0.05) is 24.0 Å². The fourth-order valence-electron chi connectivity index (χ4n) is 5.32. The number of hydrogen-bond donors (Lipinski definition) is 1. The van der Waals surface area contributed by atoms with Crippen molar-refractivity contribution in [1.29, 1.82) is 0 Å². The molecule has 3 rings (SSSR count). The molecule has 246 valence electrons. The summed E-state index contributed by atoms with van der Waals surface area (Å²) in [5.41, 5.74) is 2.99. The van der Waals surface area contributed by atoms with Crippen LogP contribution >= 0.6 is 28.7 Å². The third-order valence-corrected chi connectivity index (χ3v) is 8.85. The minimum atomic E-state index is -0.174. The Labute approximate surface area is 282 Å². The van der Waals surface area contributed by atoms with Crippen LogP contribution in [-0.4, -0.2) is 29.9 Å². The molecule has 5 nitrogen and oxygen atoms in total. The van der Waals surface area contributed by atoms with E-state index in [1.165, 1.54) is 81.1 Å². The van der Waals surface area contributed by atoms with Crippen LogP contribution in [0.2, 0.25) is 0 Å². The zero-order valence-electron chi connectivity index (χ0n) is 27.9. The van der Waals surface area contributed by atoms with Crippen LogP contribution in [0.4, 0.5) is 5.69 Å². The van der Waals surface area contributed by atoms with Crippen molar-refractivity contribution in [2.24, 2.45) is 0 Å². The van der Waals surface area contributed by atoms with Crippen molar-refractivity contribution < 1.29 is 14.3 Å². The first kappa shape index (κ1) is 38.1. The molecule has 0 aliphatic carbocycles. The van der Waals surface area contributed by atoms with Crippen LogP contribution in [-0.2, 0) is 16.8 Å². The monoisotopic (exact) mass is 688 g/mol. The molecule has 0 spiro atoms. The van der Waals surface area contributed by atoms with Crippen LogP contribution in [0.3, 0.4) is 0 Å². The number of unbranched alkanes of at least 4 members (excludes halogenated alkanes) is 11. The molecule has 0 atom stereocenters. The van der Waals surface area contributed by atoms with Crippen molar-refractivity contribution in [1.82, 2.24) is 4.90 Å². The summed E-state index contributed by atoms with van der Waals surface area (Å²) in [6.07, 6.45) is 18.2. The minimum absolute atomic E-state index is 0. The van der Waals surface area contributed by atoms with Gasteiger partial charge >= 0.3 is 0 Å². The molecule has 0 unspecified atom stereocenters. The second kappa shape index (κ2) is 20.8. The Morgan fingerprint density at radius 2 is 1.48 bits per heavy atom. The van der Waals surface area contributed by atoms with Gasteiger partial charge in [-0.2, -0.15) is 0 Å². The molecule has 0 radical (unpaired) electrons. The average molecular weight is 690 g/mol. The lowest BCUT2D eigenvalue weighted by Gasteiger charge is -2.24. The SMILES string of the molecule is Br.CCCCCCCCCCCCCCOc1ccc(OCC(=O)Nc2ccc(CN3C=C(C)SC3)cc2)cc1C(C)(C)C. The van der Waals surface area contributed by atoms with Crippen LogP contribution in [0.25, 0.3) is 0 Å². The highest BCUT2D eigenvalue weighted by molar-refractivity contribution is 8.93. The second-order valence-corrected chi connectivity index (χ2v) is 14.1. The highest BCUT2D eigenvalue weighted by Gasteiger charge is 2.20.